The van der Waals surface area contributed by atoms with Crippen LogP contribution in [0.5, 0.6) is 5.75 Å². The van der Waals surface area contributed by atoms with Crippen molar-refractivity contribution in [1.82, 2.24) is 20.5 Å². The predicted molar refractivity (Wildman–Crippen MR) is 126 cm³/mol. The van der Waals surface area contributed by atoms with Crippen LogP contribution >= 0.6 is 34.8 Å². The largest absolute Gasteiger partial charge is 0.487 e. The molecule has 5 rings (SSSR count). The van der Waals surface area contributed by atoms with Crippen LogP contribution in [0.2, 0.25) is 15.2 Å². The number of rotatable bonds is 6. The summed E-state index contributed by atoms with van der Waals surface area (Å²) >= 11 is 18.5. The molecule has 2 fully saturated rings. The molecule has 1 aromatic carbocycles. The van der Waals surface area contributed by atoms with Crippen molar-refractivity contribution in [3.63, 3.8) is 0 Å². The second-order valence-corrected chi connectivity index (χ2v) is 9.31. The van der Waals surface area contributed by atoms with Gasteiger partial charge in [0.15, 0.2) is 5.15 Å². The first-order chi connectivity index (χ1) is 15.4. The number of hydrogen-bond donors (Lipinski definition) is 2. The normalized spacial score (nSPS) is 16.4. The molecule has 0 unspecified atom stereocenters. The zero-order valence-corrected chi connectivity index (χ0v) is 19.2. The molecule has 164 valence electrons. The van der Waals surface area contributed by atoms with E-state index in [1.54, 1.807) is 24.4 Å². The summed E-state index contributed by atoms with van der Waals surface area (Å²) in [6.45, 7) is 4.31. The van der Waals surface area contributed by atoms with Crippen LogP contribution in [0.15, 0.2) is 42.7 Å². The van der Waals surface area contributed by atoms with E-state index in [0.29, 0.717) is 43.6 Å². The summed E-state index contributed by atoms with van der Waals surface area (Å²) in [6, 6.07) is 9.09. The maximum Gasteiger partial charge on any atom is 0.159 e. The molecule has 0 bridgehead atoms. The van der Waals surface area contributed by atoms with E-state index >= 15 is 0 Å². The molecule has 3 aromatic rings. The number of nitrogens with zero attached hydrogens (tertiary/aromatic N) is 4. The molecule has 2 saturated heterocycles. The lowest BCUT2D eigenvalue weighted by Crippen LogP contribution is -2.71. The van der Waals surface area contributed by atoms with Gasteiger partial charge in [0.25, 0.3) is 0 Å². The minimum absolute atomic E-state index is 0.0762. The highest BCUT2D eigenvalue weighted by molar-refractivity contribution is 6.35. The summed E-state index contributed by atoms with van der Waals surface area (Å²) in [5, 5.41) is 20.4. The summed E-state index contributed by atoms with van der Waals surface area (Å²) in [6.07, 6.45) is 3.14. The Bertz CT molecular complexity index is 1150. The summed E-state index contributed by atoms with van der Waals surface area (Å²) in [5.41, 5.74) is 2.66. The highest BCUT2D eigenvalue weighted by Crippen LogP contribution is 2.36. The van der Waals surface area contributed by atoms with Crippen LogP contribution in [0.4, 0.5) is 5.82 Å². The number of anilines is 1. The van der Waals surface area contributed by atoms with E-state index in [1.165, 1.54) is 6.20 Å². The average molecular weight is 490 g/mol. The Labute approximate surface area is 200 Å². The van der Waals surface area contributed by atoms with Crippen molar-refractivity contribution in [3.8, 4) is 5.75 Å². The van der Waals surface area contributed by atoms with E-state index in [2.05, 4.69) is 25.4 Å². The first-order valence-electron chi connectivity index (χ1n) is 10.0. The van der Waals surface area contributed by atoms with Crippen LogP contribution in [-0.2, 0) is 6.61 Å². The fourth-order valence-corrected chi connectivity index (χ4v) is 4.54. The number of pyridine rings is 1. The summed E-state index contributed by atoms with van der Waals surface area (Å²) in [7, 11) is 0. The monoisotopic (exact) mass is 488 g/mol. The summed E-state index contributed by atoms with van der Waals surface area (Å²) < 4.78 is 5.83. The smallest absolute Gasteiger partial charge is 0.159 e. The maximum absolute atomic E-state index is 8.62. The number of halogens is 3. The van der Waals surface area contributed by atoms with Crippen molar-refractivity contribution >= 4 is 46.3 Å². The van der Waals surface area contributed by atoms with E-state index in [-0.39, 0.29) is 11.8 Å². The van der Waals surface area contributed by atoms with Crippen LogP contribution in [0.1, 0.15) is 16.7 Å². The van der Waals surface area contributed by atoms with Crippen LogP contribution in [0.3, 0.4) is 0 Å². The number of aromatic nitrogens is 3. The van der Waals surface area contributed by atoms with Crippen molar-refractivity contribution in [2.45, 2.75) is 6.61 Å². The lowest BCUT2D eigenvalue weighted by atomic mass is 9.74. The van der Waals surface area contributed by atoms with Gasteiger partial charge >= 0.3 is 0 Å². The van der Waals surface area contributed by atoms with Gasteiger partial charge in [0.1, 0.15) is 18.2 Å². The molecule has 4 heterocycles. The number of ether oxygens (including phenoxy) is 1. The van der Waals surface area contributed by atoms with Gasteiger partial charge < -0.3 is 15.0 Å². The Morgan fingerprint density at radius 2 is 1.84 bits per heavy atom. The molecule has 2 N–H and O–H groups in total. The molecule has 2 aliphatic heterocycles. The molecular weight excluding hydrogens is 471 g/mol. The van der Waals surface area contributed by atoms with Gasteiger partial charge in [0.2, 0.25) is 0 Å². The van der Waals surface area contributed by atoms with Gasteiger partial charge in [-0.1, -0.05) is 40.9 Å². The SMILES string of the molecule is N=C(c1ccc(N2CC3(CNC3)C2)nc1)c1ccc(Cl)c(OCc2c(Cl)cnnc2Cl)c1. The fourth-order valence-electron chi connectivity index (χ4n) is 3.93. The zero-order valence-electron chi connectivity index (χ0n) is 16.9. The molecule has 7 nitrogen and oxygen atoms in total. The molecule has 10 heteroatoms. The third-order valence-corrected chi connectivity index (χ3v) is 6.80. The Morgan fingerprint density at radius 3 is 2.50 bits per heavy atom. The van der Waals surface area contributed by atoms with Gasteiger partial charge in [-0.25, -0.2) is 4.98 Å². The second kappa shape index (κ2) is 8.48. The third kappa shape index (κ3) is 4.01. The number of nitrogens with one attached hydrogen (secondary N) is 2. The van der Waals surface area contributed by atoms with Crippen LogP contribution in [0.25, 0.3) is 0 Å². The standard InChI is InChI=1S/C22H19Cl3N6O/c23-16-3-1-13(5-18(16)32-8-15-17(24)7-29-30-21(15)25)20(26)14-2-4-19(28-6-14)31-11-22(12-31)9-27-10-22/h1-7,26-27H,8-12H2. The van der Waals surface area contributed by atoms with Gasteiger partial charge in [0, 0.05) is 54.5 Å². The van der Waals surface area contributed by atoms with E-state index < -0.39 is 0 Å². The first kappa shape index (κ1) is 21.4. The highest BCUT2D eigenvalue weighted by atomic mass is 35.5. The maximum atomic E-state index is 8.62. The van der Waals surface area contributed by atoms with Crippen molar-refractivity contribution in [2.24, 2.45) is 5.41 Å². The van der Waals surface area contributed by atoms with Gasteiger partial charge in [-0.05, 0) is 24.3 Å². The lowest BCUT2D eigenvalue weighted by molar-refractivity contribution is 0.120. The number of hydrogen-bond acceptors (Lipinski definition) is 7. The molecule has 0 atom stereocenters. The predicted octanol–water partition coefficient (Wildman–Crippen LogP) is 4.24. The lowest BCUT2D eigenvalue weighted by Gasteiger charge is -2.56. The first-order valence-corrected chi connectivity index (χ1v) is 11.2. The van der Waals surface area contributed by atoms with Gasteiger partial charge in [0.05, 0.1) is 22.0 Å². The van der Waals surface area contributed by atoms with Crippen molar-refractivity contribution < 1.29 is 4.74 Å². The molecule has 1 spiro atoms. The highest BCUT2D eigenvalue weighted by Gasteiger charge is 2.47. The Morgan fingerprint density at radius 1 is 1.06 bits per heavy atom. The van der Waals surface area contributed by atoms with Crippen LogP contribution in [0, 0.1) is 10.8 Å². The quantitative estimate of drug-likeness (QED) is 0.504. The molecule has 0 saturated carbocycles. The van der Waals surface area contributed by atoms with Crippen molar-refractivity contribution in [3.05, 3.63) is 74.6 Å². The second-order valence-electron chi connectivity index (χ2n) is 8.14. The molecule has 0 amide bonds. The fraction of sp³-hybridized carbons (Fsp3) is 0.273. The molecule has 0 aliphatic carbocycles. The molecular formula is C22H19Cl3N6O. The van der Waals surface area contributed by atoms with E-state index in [0.717, 1.165) is 32.0 Å². The topological polar surface area (TPSA) is 87.0 Å². The van der Waals surface area contributed by atoms with Gasteiger partial charge in [-0.15, -0.1) is 5.10 Å². The van der Waals surface area contributed by atoms with E-state index in [9.17, 15) is 0 Å². The van der Waals surface area contributed by atoms with Gasteiger partial charge in [-0.2, -0.15) is 5.10 Å². The minimum Gasteiger partial charge on any atom is -0.487 e. The molecule has 0 radical (unpaired) electrons. The number of benzene rings is 1. The summed E-state index contributed by atoms with van der Waals surface area (Å²) in [4.78, 5) is 6.84. The Hall–Kier alpha value is -2.45. The van der Waals surface area contributed by atoms with Crippen LogP contribution < -0.4 is 15.0 Å². The van der Waals surface area contributed by atoms with Crippen molar-refractivity contribution in [1.29, 1.82) is 5.41 Å². The van der Waals surface area contributed by atoms with E-state index in [4.69, 9.17) is 44.9 Å². The summed E-state index contributed by atoms with van der Waals surface area (Å²) in [5.74, 6) is 1.36. The Balaban J connectivity index is 1.29. The molecule has 2 aromatic heterocycles. The Kier molecular flexibility index (Phi) is 5.67. The third-order valence-electron chi connectivity index (χ3n) is 5.86. The van der Waals surface area contributed by atoms with Crippen LogP contribution in [-0.4, -0.2) is 47.1 Å². The van der Waals surface area contributed by atoms with Gasteiger partial charge in [-0.3, -0.25) is 5.41 Å². The van der Waals surface area contributed by atoms with Crippen molar-refractivity contribution in [2.75, 3.05) is 31.1 Å². The minimum atomic E-state index is 0.0762. The average Bonchev–Trinajstić information content (AvgIpc) is 2.72. The molecule has 32 heavy (non-hydrogen) atoms. The van der Waals surface area contributed by atoms with E-state index in [1.807, 2.05) is 12.1 Å². The molecule has 2 aliphatic rings. The zero-order chi connectivity index (χ0) is 22.3.